The van der Waals surface area contributed by atoms with Crippen molar-refractivity contribution in [2.24, 2.45) is 0 Å². The molecular formula is C21H20NO2-. The summed E-state index contributed by atoms with van der Waals surface area (Å²) in [6.45, 7) is 5.89. The van der Waals surface area contributed by atoms with E-state index in [1.54, 1.807) is 6.92 Å². The largest absolute Gasteiger partial charge is 0.545 e. The second-order valence-electron chi connectivity index (χ2n) is 6.22. The van der Waals surface area contributed by atoms with Gasteiger partial charge < -0.3 is 9.90 Å². The van der Waals surface area contributed by atoms with Crippen LogP contribution in [0.3, 0.4) is 0 Å². The SMILES string of the molecule is CCCc1ccc(-c2nc3ccc(C)cc3c(C(=O)[O-])c2C)cc1. The first-order chi connectivity index (χ1) is 11.5. The number of nitrogens with zero attached hydrogens (tertiary/aromatic N) is 1. The number of carboxylic acids is 1. The highest BCUT2D eigenvalue weighted by Gasteiger charge is 2.14. The molecule has 0 unspecified atom stereocenters. The lowest BCUT2D eigenvalue weighted by atomic mass is 9.96. The molecule has 0 aliphatic carbocycles. The zero-order valence-electron chi connectivity index (χ0n) is 14.2. The monoisotopic (exact) mass is 318 g/mol. The number of hydrogen-bond donors (Lipinski definition) is 0. The van der Waals surface area contributed by atoms with Gasteiger partial charge in [-0.2, -0.15) is 0 Å². The van der Waals surface area contributed by atoms with Gasteiger partial charge in [0.15, 0.2) is 0 Å². The van der Waals surface area contributed by atoms with Crippen LogP contribution in [0.5, 0.6) is 0 Å². The van der Waals surface area contributed by atoms with Crippen molar-refractivity contribution in [3.63, 3.8) is 0 Å². The van der Waals surface area contributed by atoms with Crippen LogP contribution >= 0.6 is 0 Å². The summed E-state index contributed by atoms with van der Waals surface area (Å²) in [5, 5.41) is 12.4. The number of carbonyl (C=O) groups is 1. The number of fused-ring (bicyclic) bond motifs is 1. The van der Waals surface area contributed by atoms with Gasteiger partial charge in [-0.1, -0.05) is 49.2 Å². The molecule has 3 rings (SSSR count). The predicted molar refractivity (Wildman–Crippen MR) is 95.0 cm³/mol. The quantitative estimate of drug-likeness (QED) is 0.734. The standard InChI is InChI=1S/C21H21NO2/c1-4-5-15-7-9-16(10-8-15)20-14(3)19(21(23)24)17-12-13(2)6-11-18(17)22-20/h6-12H,4-5H2,1-3H3,(H,23,24)/p-1. The molecule has 0 bridgehead atoms. The molecule has 0 aliphatic rings. The van der Waals surface area contributed by atoms with Crippen molar-refractivity contribution in [1.29, 1.82) is 0 Å². The van der Waals surface area contributed by atoms with Gasteiger partial charge in [0.2, 0.25) is 0 Å². The van der Waals surface area contributed by atoms with E-state index in [1.165, 1.54) is 5.56 Å². The fourth-order valence-electron chi connectivity index (χ4n) is 3.13. The highest BCUT2D eigenvalue weighted by molar-refractivity contribution is 6.04. The van der Waals surface area contributed by atoms with Gasteiger partial charge in [-0.25, -0.2) is 4.98 Å². The Morgan fingerprint density at radius 2 is 1.79 bits per heavy atom. The molecule has 1 aromatic heterocycles. The Kier molecular flexibility index (Phi) is 4.34. The van der Waals surface area contributed by atoms with Gasteiger partial charge in [-0.15, -0.1) is 0 Å². The Morgan fingerprint density at radius 1 is 1.08 bits per heavy atom. The van der Waals surface area contributed by atoms with Crippen molar-refractivity contribution in [2.75, 3.05) is 0 Å². The lowest BCUT2D eigenvalue weighted by Gasteiger charge is -2.16. The second kappa shape index (κ2) is 6.44. The van der Waals surface area contributed by atoms with Crippen molar-refractivity contribution in [2.45, 2.75) is 33.6 Å². The van der Waals surface area contributed by atoms with Crippen molar-refractivity contribution >= 4 is 16.9 Å². The van der Waals surface area contributed by atoms with Gasteiger partial charge in [-0.3, -0.25) is 0 Å². The molecule has 0 fully saturated rings. The molecule has 1 heterocycles. The van der Waals surface area contributed by atoms with E-state index in [9.17, 15) is 9.90 Å². The van der Waals surface area contributed by atoms with E-state index in [0.717, 1.165) is 24.0 Å². The fraction of sp³-hybridized carbons (Fsp3) is 0.238. The van der Waals surface area contributed by atoms with Crippen LogP contribution in [0.4, 0.5) is 0 Å². The Balaban J connectivity index is 2.23. The first-order valence-electron chi connectivity index (χ1n) is 8.23. The van der Waals surface area contributed by atoms with Crippen molar-refractivity contribution in [1.82, 2.24) is 4.98 Å². The summed E-state index contributed by atoms with van der Waals surface area (Å²) in [6, 6.07) is 13.9. The normalized spacial score (nSPS) is 11.0. The molecule has 0 radical (unpaired) electrons. The number of aromatic carboxylic acids is 1. The van der Waals surface area contributed by atoms with Crippen molar-refractivity contribution in [3.8, 4) is 11.3 Å². The molecule has 24 heavy (non-hydrogen) atoms. The molecule has 0 aliphatic heterocycles. The summed E-state index contributed by atoms with van der Waals surface area (Å²) < 4.78 is 0. The van der Waals surface area contributed by atoms with Gasteiger partial charge in [0, 0.05) is 16.5 Å². The van der Waals surface area contributed by atoms with E-state index in [-0.39, 0.29) is 5.56 Å². The first-order valence-corrected chi connectivity index (χ1v) is 8.23. The molecule has 0 amide bonds. The van der Waals surface area contributed by atoms with Crippen LogP contribution in [0.15, 0.2) is 42.5 Å². The van der Waals surface area contributed by atoms with Crippen LogP contribution in [0.2, 0.25) is 0 Å². The average Bonchev–Trinajstić information content (AvgIpc) is 2.55. The Hall–Kier alpha value is -2.68. The minimum absolute atomic E-state index is 0.233. The van der Waals surface area contributed by atoms with Crippen LogP contribution in [0.25, 0.3) is 22.2 Å². The fourth-order valence-corrected chi connectivity index (χ4v) is 3.13. The third-order valence-corrected chi connectivity index (χ3v) is 4.35. The number of hydrogen-bond acceptors (Lipinski definition) is 3. The summed E-state index contributed by atoms with van der Waals surface area (Å²) in [7, 11) is 0. The topological polar surface area (TPSA) is 53.0 Å². The molecule has 3 aromatic rings. The molecular weight excluding hydrogens is 298 g/mol. The molecule has 0 spiro atoms. The number of benzene rings is 2. The molecule has 3 nitrogen and oxygen atoms in total. The molecule has 0 saturated carbocycles. The zero-order chi connectivity index (χ0) is 17.3. The molecule has 122 valence electrons. The molecule has 0 saturated heterocycles. The van der Waals surface area contributed by atoms with E-state index >= 15 is 0 Å². The van der Waals surface area contributed by atoms with Gasteiger partial charge in [0.1, 0.15) is 0 Å². The minimum Gasteiger partial charge on any atom is -0.545 e. The van der Waals surface area contributed by atoms with Crippen LogP contribution in [0, 0.1) is 13.8 Å². The number of pyridine rings is 1. The highest BCUT2D eigenvalue weighted by atomic mass is 16.4. The van der Waals surface area contributed by atoms with Crippen molar-refractivity contribution < 1.29 is 9.90 Å². The van der Waals surface area contributed by atoms with E-state index in [4.69, 9.17) is 4.98 Å². The predicted octanol–water partition coefficient (Wildman–Crippen LogP) is 3.83. The van der Waals surface area contributed by atoms with Crippen LogP contribution in [-0.4, -0.2) is 11.0 Å². The Bertz CT molecular complexity index is 911. The number of carbonyl (C=O) groups excluding carboxylic acids is 1. The van der Waals surface area contributed by atoms with Gasteiger partial charge in [0.05, 0.1) is 17.2 Å². The Morgan fingerprint density at radius 3 is 2.42 bits per heavy atom. The maximum absolute atomic E-state index is 11.7. The van der Waals surface area contributed by atoms with Crippen molar-refractivity contribution in [3.05, 3.63) is 64.7 Å². The summed E-state index contributed by atoms with van der Waals surface area (Å²) in [5.74, 6) is -1.16. The van der Waals surface area contributed by atoms with E-state index in [2.05, 4.69) is 19.1 Å². The van der Waals surface area contributed by atoms with Crippen LogP contribution < -0.4 is 5.11 Å². The zero-order valence-corrected chi connectivity index (χ0v) is 14.2. The van der Waals surface area contributed by atoms with Crippen LogP contribution in [0.1, 0.15) is 40.4 Å². The third kappa shape index (κ3) is 2.90. The van der Waals surface area contributed by atoms with Gasteiger partial charge in [-0.05, 0) is 43.5 Å². The maximum atomic E-state index is 11.7. The highest BCUT2D eigenvalue weighted by Crippen LogP contribution is 2.30. The molecule has 2 aromatic carbocycles. The number of aromatic nitrogens is 1. The number of carboxylic acid groups (broad SMARTS) is 1. The summed E-state index contributed by atoms with van der Waals surface area (Å²) >= 11 is 0. The number of aryl methyl sites for hydroxylation is 2. The Labute approximate surface area is 142 Å². The smallest absolute Gasteiger partial charge is 0.0745 e. The van der Waals surface area contributed by atoms with Crippen LogP contribution in [-0.2, 0) is 6.42 Å². The molecule has 0 atom stereocenters. The number of rotatable bonds is 4. The minimum atomic E-state index is -1.16. The lowest BCUT2D eigenvalue weighted by molar-refractivity contribution is -0.254. The van der Waals surface area contributed by atoms with E-state index in [0.29, 0.717) is 22.2 Å². The summed E-state index contributed by atoms with van der Waals surface area (Å²) in [4.78, 5) is 16.4. The molecule has 0 N–H and O–H groups in total. The van der Waals surface area contributed by atoms with Gasteiger partial charge >= 0.3 is 0 Å². The summed E-state index contributed by atoms with van der Waals surface area (Å²) in [6.07, 6.45) is 2.13. The maximum Gasteiger partial charge on any atom is 0.0745 e. The third-order valence-electron chi connectivity index (χ3n) is 4.35. The second-order valence-corrected chi connectivity index (χ2v) is 6.22. The van der Waals surface area contributed by atoms with E-state index < -0.39 is 5.97 Å². The average molecular weight is 318 g/mol. The molecule has 3 heteroatoms. The van der Waals surface area contributed by atoms with Gasteiger partial charge in [0.25, 0.3) is 0 Å². The summed E-state index contributed by atoms with van der Waals surface area (Å²) in [5.41, 5.74) is 5.47. The first kappa shape index (κ1) is 16.2. The lowest BCUT2D eigenvalue weighted by Crippen LogP contribution is -2.24. The van der Waals surface area contributed by atoms with E-state index in [1.807, 2.05) is 37.3 Å².